The molecule has 1 heterocycles. The van der Waals surface area contributed by atoms with Gasteiger partial charge >= 0.3 is 0 Å². The Bertz CT molecular complexity index is 903. The van der Waals surface area contributed by atoms with Crippen LogP contribution in [0.4, 0.5) is 5.69 Å². The summed E-state index contributed by atoms with van der Waals surface area (Å²) in [7, 11) is -3.45. The monoisotopic (exact) mass is 436 g/mol. The lowest BCUT2D eigenvalue weighted by molar-refractivity contribution is 0.288. The zero-order valence-electron chi connectivity index (χ0n) is 14.5. The second-order valence-corrected chi connectivity index (χ2v) is 9.40. The Kier molecular flexibility index (Phi) is 5.79. The van der Waals surface area contributed by atoms with Crippen LogP contribution in [0.3, 0.4) is 0 Å². The Labute approximate surface area is 162 Å². The molecule has 1 N–H and O–H groups in total. The van der Waals surface area contributed by atoms with Crippen molar-refractivity contribution in [1.29, 1.82) is 0 Å². The van der Waals surface area contributed by atoms with Gasteiger partial charge in [0.2, 0.25) is 10.0 Å². The molecule has 0 aliphatic carbocycles. The summed E-state index contributed by atoms with van der Waals surface area (Å²) in [5.74, 6) is 0.711. The second-order valence-electron chi connectivity index (χ2n) is 6.54. The quantitative estimate of drug-likeness (QED) is 0.725. The van der Waals surface area contributed by atoms with Crippen LogP contribution < -0.4 is 0 Å². The number of hydrogen-bond donors (Lipinski definition) is 1. The first-order valence-electron chi connectivity index (χ1n) is 8.49. The van der Waals surface area contributed by atoms with Crippen molar-refractivity contribution >= 4 is 37.9 Å². The standard InChI is InChI=1S/C19H21BrN2O3S/c1-14-8-10-22(11-9-14)26(24,25)18-5-3-17(4-6-18)21-13-15-12-16(20)2-7-19(15)23/h2-7,12-14,23H,8-11H2,1H3. The summed E-state index contributed by atoms with van der Waals surface area (Å²) in [6, 6.07) is 11.6. The zero-order valence-corrected chi connectivity index (χ0v) is 16.9. The number of nitrogens with zero attached hydrogens (tertiary/aromatic N) is 2. The summed E-state index contributed by atoms with van der Waals surface area (Å²) in [5, 5.41) is 9.83. The topological polar surface area (TPSA) is 70.0 Å². The third-order valence-electron chi connectivity index (χ3n) is 4.56. The van der Waals surface area contributed by atoms with Crippen LogP contribution >= 0.6 is 15.9 Å². The molecule has 7 heteroatoms. The van der Waals surface area contributed by atoms with Gasteiger partial charge in [0.05, 0.1) is 10.6 Å². The van der Waals surface area contributed by atoms with Crippen molar-refractivity contribution in [2.75, 3.05) is 13.1 Å². The van der Waals surface area contributed by atoms with E-state index in [-0.39, 0.29) is 10.6 Å². The highest BCUT2D eigenvalue weighted by molar-refractivity contribution is 9.10. The first-order chi connectivity index (χ1) is 12.4. The molecule has 3 rings (SSSR count). The molecule has 2 aromatic rings. The Balaban J connectivity index is 1.76. The molecule has 0 unspecified atom stereocenters. The number of aromatic hydroxyl groups is 1. The SMILES string of the molecule is CC1CCN(S(=O)(=O)c2ccc(N=Cc3cc(Br)ccc3O)cc2)CC1. The molecule has 0 bridgehead atoms. The highest BCUT2D eigenvalue weighted by atomic mass is 79.9. The number of phenols is 1. The summed E-state index contributed by atoms with van der Waals surface area (Å²) < 4.78 is 27.8. The van der Waals surface area contributed by atoms with E-state index >= 15 is 0 Å². The van der Waals surface area contributed by atoms with Crippen LogP contribution in [-0.4, -0.2) is 37.1 Å². The first-order valence-corrected chi connectivity index (χ1v) is 10.7. The summed E-state index contributed by atoms with van der Waals surface area (Å²) in [4.78, 5) is 4.60. The molecular formula is C19H21BrN2O3S. The lowest BCUT2D eigenvalue weighted by Crippen LogP contribution is -2.37. The smallest absolute Gasteiger partial charge is 0.243 e. The molecule has 5 nitrogen and oxygen atoms in total. The molecule has 1 fully saturated rings. The molecule has 0 saturated carbocycles. The van der Waals surface area contributed by atoms with E-state index in [4.69, 9.17) is 0 Å². The maximum Gasteiger partial charge on any atom is 0.243 e. The van der Waals surface area contributed by atoms with Gasteiger partial charge in [0.25, 0.3) is 0 Å². The molecule has 1 aliphatic heterocycles. The lowest BCUT2D eigenvalue weighted by Gasteiger charge is -2.29. The highest BCUT2D eigenvalue weighted by Crippen LogP contribution is 2.25. The fraction of sp³-hybridized carbons (Fsp3) is 0.316. The number of sulfonamides is 1. The van der Waals surface area contributed by atoms with E-state index in [1.54, 1.807) is 53.0 Å². The van der Waals surface area contributed by atoms with E-state index in [0.717, 1.165) is 17.3 Å². The molecule has 0 atom stereocenters. The van der Waals surface area contributed by atoms with E-state index in [1.165, 1.54) is 0 Å². The Morgan fingerprint density at radius 3 is 2.46 bits per heavy atom. The van der Waals surface area contributed by atoms with Crippen LogP contribution in [0, 0.1) is 5.92 Å². The Hall–Kier alpha value is -1.70. The molecule has 138 valence electrons. The van der Waals surface area contributed by atoms with Gasteiger partial charge in [0, 0.05) is 29.3 Å². The number of benzene rings is 2. The van der Waals surface area contributed by atoms with E-state index in [2.05, 4.69) is 27.8 Å². The van der Waals surface area contributed by atoms with E-state index < -0.39 is 10.0 Å². The van der Waals surface area contributed by atoms with Gasteiger partial charge in [0.1, 0.15) is 5.75 Å². The molecule has 0 amide bonds. The summed E-state index contributed by atoms with van der Waals surface area (Å²) in [5.41, 5.74) is 1.20. The van der Waals surface area contributed by atoms with E-state index in [9.17, 15) is 13.5 Å². The van der Waals surface area contributed by atoms with Crippen LogP contribution in [0.2, 0.25) is 0 Å². The van der Waals surface area contributed by atoms with Crippen LogP contribution in [-0.2, 0) is 10.0 Å². The molecule has 0 aromatic heterocycles. The first kappa shape index (κ1) is 19.1. The van der Waals surface area contributed by atoms with E-state index in [0.29, 0.717) is 30.3 Å². The largest absolute Gasteiger partial charge is 0.507 e. The van der Waals surface area contributed by atoms with Crippen molar-refractivity contribution < 1.29 is 13.5 Å². The number of rotatable bonds is 4. The van der Waals surface area contributed by atoms with Crippen LogP contribution in [0.1, 0.15) is 25.3 Å². The molecule has 0 radical (unpaired) electrons. The zero-order chi connectivity index (χ0) is 18.7. The van der Waals surface area contributed by atoms with Crippen LogP contribution in [0.15, 0.2) is 56.8 Å². The van der Waals surface area contributed by atoms with Gasteiger partial charge in [-0.2, -0.15) is 4.31 Å². The van der Waals surface area contributed by atoms with Gasteiger partial charge in [-0.25, -0.2) is 8.42 Å². The molecule has 1 saturated heterocycles. The third-order valence-corrected chi connectivity index (χ3v) is 6.97. The fourth-order valence-electron chi connectivity index (χ4n) is 2.85. The van der Waals surface area contributed by atoms with Crippen molar-refractivity contribution in [3.05, 3.63) is 52.5 Å². The maximum atomic E-state index is 12.7. The van der Waals surface area contributed by atoms with Gasteiger partial charge < -0.3 is 5.11 Å². The van der Waals surface area contributed by atoms with Gasteiger partial charge in [-0.15, -0.1) is 0 Å². The van der Waals surface area contributed by atoms with Crippen LogP contribution in [0.25, 0.3) is 0 Å². The summed E-state index contributed by atoms with van der Waals surface area (Å²) in [6.07, 6.45) is 3.35. The second kappa shape index (κ2) is 7.90. The normalized spacial score (nSPS) is 17.0. The molecule has 26 heavy (non-hydrogen) atoms. The van der Waals surface area contributed by atoms with Crippen LogP contribution in [0.5, 0.6) is 5.75 Å². The number of phenolic OH excluding ortho intramolecular Hbond substituents is 1. The minimum Gasteiger partial charge on any atom is -0.507 e. The van der Waals surface area contributed by atoms with Crippen molar-refractivity contribution in [2.45, 2.75) is 24.7 Å². The van der Waals surface area contributed by atoms with Gasteiger partial charge in [-0.05, 0) is 61.2 Å². The fourth-order valence-corrected chi connectivity index (χ4v) is 4.70. The lowest BCUT2D eigenvalue weighted by atomic mass is 10.0. The summed E-state index contributed by atoms with van der Waals surface area (Å²) >= 11 is 3.35. The van der Waals surface area contributed by atoms with Gasteiger partial charge in [-0.3, -0.25) is 4.99 Å². The average Bonchev–Trinajstić information content (AvgIpc) is 2.63. The molecule has 1 aliphatic rings. The van der Waals surface area contributed by atoms with Gasteiger partial charge in [0.15, 0.2) is 0 Å². The average molecular weight is 437 g/mol. The number of piperidine rings is 1. The summed E-state index contributed by atoms with van der Waals surface area (Å²) in [6.45, 7) is 3.30. The van der Waals surface area contributed by atoms with Gasteiger partial charge in [-0.1, -0.05) is 22.9 Å². The number of halogens is 1. The van der Waals surface area contributed by atoms with Crippen molar-refractivity contribution in [3.8, 4) is 5.75 Å². The predicted molar refractivity (Wildman–Crippen MR) is 107 cm³/mol. The highest BCUT2D eigenvalue weighted by Gasteiger charge is 2.27. The minimum atomic E-state index is -3.45. The Morgan fingerprint density at radius 1 is 1.15 bits per heavy atom. The maximum absolute atomic E-state index is 12.7. The molecular weight excluding hydrogens is 416 g/mol. The molecule has 2 aromatic carbocycles. The van der Waals surface area contributed by atoms with Crippen molar-refractivity contribution in [2.24, 2.45) is 10.9 Å². The van der Waals surface area contributed by atoms with E-state index in [1.807, 2.05) is 0 Å². The number of hydrogen-bond acceptors (Lipinski definition) is 4. The Morgan fingerprint density at radius 2 is 1.81 bits per heavy atom. The van der Waals surface area contributed by atoms with Crippen molar-refractivity contribution in [1.82, 2.24) is 4.31 Å². The predicted octanol–water partition coefficient (Wildman–Crippen LogP) is 4.33. The minimum absolute atomic E-state index is 0.135. The molecule has 0 spiro atoms. The third kappa shape index (κ3) is 4.34. The van der Waals surface area contributed by atoms with Crippen molar-refractivity contribution in [3.63, 3.8) is 0 Å². The number of aliphatic imine (C=N–C) groups is 1.